The number of rotatable bonds is 3. The summed E-state index contributed by atoms with van der Waals surface area (Å²) in [6, 6.07) is 15.6. The van der Waals surface area contributed by atoms with E-state index in [4.69, 9.17) is 17.0 Å². The van der Waals surface area contributed by atoms with Gasteiger partial charge in [-0.25, -0.2) is 0 Å². The minimum absolute atomic E-state index is 0.0293. The van der Waals surface area contributed by atoms with Crippen LogP contribution in [0.1, 0.15) is 18.1 Å². The molecule has 2 aromatic carbocycles. The summed E-state index contributed by atoms with van der Waals surface area (Å²) in [5.41, 5.74) is 3.20. The molecule has 5 heteroatoms. The topological polar surface area (TPSA) is 32.8 Å². The Morgan fingerprint density at radius 3 is 2.62 bits per heavy atom. The summed E-state index contributed by atoms with van der Waals surface area (Å²) in [7, 11) is 0. The molecular formula is C19H18N2O2S. The Morgan fingerprint density at radius 1 is 1.12 bits per heavy atom. The van der Waals surface area contributed by atoms with Gasteiger partial charge in [-0.3, -0.25) is 9.69 Å². The molecule has 4 rings (SSSR count). The molecule has 1 amide bonds. The fourth-order valence-corrected chi connectivity index (χ4v) is 3.84. The zero-order chi connectivity index (χ0) is 16.7. The van der Waals surface area contributed by atoms with Crippen LogP contribution in [-0.2, 0) is 17.8 Å². The Bertz CT molecular complexity index is 778. The Kier molecular flexibility index (Phi) is 3.73. The van der Waals surface area contributed by atoms with Crippen LogP contribution in [0.4, 0.5) is 5.69 Å². The second-order valence-electron chi connectivity index (χ2n) is 5.97. The first-order valence-electron chi connectivity index (χ1n) is 8.14. The van der Waals surface area contributed by atoms with Crippen molar-refractivity contribution in [1.82, 2.24) is 4.90 Å². The van der Waals surface area contributed by atoms with Crippen LogP contribution in [0.3, 0.4) is 0 Å². The number of hydrogen-bond donors (Lipinski definition) is 0. The normalized spacial score (nSPS) is 19.3. The molecule has 2 aromatic rings. The highest BCUT2D eigenvalue weighted by atomic mass is 32.1. The van der Waals surface area contributed by atoms with Crippen molar-refractivity contribution < 1.29 is 9.53 Å². The summed E-state index contributed by atoms with van der Waals surface area (Å²) in [5.74, 6) is 0.717. The quantitative estimate of drug-likeness (QED) is 0.805. The SMILES string of the molecule is CCOc1ccccc1N1C(=O)[C@@H]2Cc3ccccc3CN2C1=S. The van der Waals surface area contributed by atoms with Crippen LogP contribution in [0.25, 0.3) is 0 Å². The molecule has 0 radical (unpaired) electrons. The number of benzene rings is 2. The Balaban J connectivity index is 1.72. The van der Waals surface area contributed by atoms with Crippen LogP contribution in [-0.4, -0.2) is 28.6 Å². The first-order chi connectivity index (χ1) is 11.7. The molecule has 0 bridgehead atoms. The van der Waals surface area contributed by atoms with Crippen LogP contribution < -0.4 is 9.64 Å². The summed E-state index contributed by atoms with van der Waals surface area (Å²) in [6.07, 6.45) is 0.697. The molecule has 0 N–H and O–H groups in total. The van der Waals surface area contributed by atoms with Crippen molar-refractivity contribution in [3.05, 3.63) is 59.7 Å². The largest absolute Gasteiger partial charge is 0.492 e. The molecule has 0 saturated carbocycles. The molecule has 2 heterocycles. The molecule has 24 heavy (non-hydrogen) atoms. The fourth-order valence-electron chi connectivity index (χ4n) is 3.46. The van der Waals surface area contributed by atoms with E-state index >= 15 is 0 Å². The Morgan fingerprint density at radius 2 is 1.83 bits per heavy atom. The predicted molar refractivity (Wildman–Crippen MR) is 97.2 cm³/mol. The minimum atomic E-state index is -0.220. The van der Waals surface area contributed by atoms with Gasteiger partial charge in [-0.2, -0.15) is 0 Å². The molecule has 0 aliphatic carbocycles. The highest BCUT2D eigenvalue weighted by Crippen LogP contribution is 2.36. The predicted octanol–water partition coefficient (Wildman–Crippen LogP) is 3.14. The monoisotopic (exact) mass is 338 g/mol. The number of nitrogens with zero attached hydrogens (tertiary/aromatic N) is 2. The average molecular weight is 338 g/mol. The van der Waals surface area contributed by atoms with Crippen LogP contribution in [0, 0.1) is 0 Å². The van der Waals surface area contributed by atoms with Crippen LogP contribution in [0.15, 0.2) is 48.5 Å². The standard InChI is InChI=1S/C19H18N2O2S/c1-2-23-17-10-6-5-9-15(17)21-18(22)16-11-13-7-3-4-8-14(13)12-20(16)19(21)24/h3-10,16H,2,11-12H2,1H3/t16-/m0/s1. The molecule has 122 valence electrons. The summed E-state index contributed by atoms with van der Waals surface area (Å²) < 4.78 is 5.69. The van der Waals surface area contributed by atoms with E-state index in [2.05, 4.69) is 12.1 Å². The molecule has 1 fully saturated rings. The third-order valence-corrected chi connectivity index (χ3v) is 5.01. The van der Waals surface area contributed by atoms with Crippen molar-refractivity contribution in [2.45, 2.75) is 25.9 Å². The van der Waals surface area contributed by atoms with E-state index in [0.29, 0.717) is 30.4 Å². The van der Waals surface area contributed by atoms with E-state index in [1.165, 1.54) is 11.1 Å². The maximum absolute atomic E-state index is 13.1. The summed E-state index contributed by atoms with van der Waals surface area (Å²) in [6.45, 7) is 3.16. The minimum Gasteiger partial charge on any atom is -0.492 e. The van der Waals surface area contributed by atoms with E-state index in [-0.39, 0.29) is 11.9 Å². The van der Waals surface area contributed by atoms with Gasteiger partial charge in [0.15, 0.2) is 5.11 Å². The number of para-hydroxylation sites is 2. The number of hydrogen-bond acceptors (Lipinski definition) is 3. The van der Waals surface area contributed by atoms with Crippen LogP contribution >= 0.6 is 12.2 Å². The van der Waals surface area contributed by atoms with E-state index in [0.717, 1.165) is 5.69 Å². The second kappa shape index (κ2) is 5.91. The van der Waals surface area contributed by atoms with Gasteiger partial charge in [0, 0.05) is 13.0 Å². The molecular weight excluding hydrogens is 320 g/mol. The number of amides is 1. The number of carbonyl (C=O) groups is 1. The number of carbonyl (C=O) groups excluding carboxylic acids is 1. The molecule has 1 saturated heterocycles. The van der Waals surface area contributed by atoms with Gasteiger partial charge in [0.05, 0.1) is 12.3 Å². The average Bonchev–Trinajstić information content (AvgIpc) is 2.85. The highest BCUT2D eigenvalue weighted by molar-refractivity contribution is 7.80. The molecule has 0 unspecified atom stereocenters. The van der Waals surface area contributed by atoms with Crippen LogP contribution in [0.2, 0.25) is 0 Å². The van der Waals surface area contributed by atoms with Gasteiger partial charge >= 0.3 is 0 Å². The van der Waals surface area contributed by atoms with Crippen molar-refractivity contribution in [3.8, 4) is 5.75 Å². The maximum Gasteiger partial charge on any atom is 0.256 e. The zero-order valence-electron chi connectivity index (χ0n) is 13.4. The lowest BCUT2D eigenvalue weighted by Crippen LogP contribution is -2.39. The van der Waals surface area contributed by atoms with Crippen molar-refractivity contribution in [1.29, 1.82) is 0 Å². The highest BCUT2D eigenvalue weighted by Gasteiger charge is 2.46. The first-order valence-corrected chi connectivity index (χ1v) is 8.54. The van der Waals surface area contributed by atoms with Gasteiger partial charge in [0.25, 0.3) is 5.91 Å². The summed E-state index contributed by atoms with van der Waals surface area (Å²) >= 11 is 5.65. The number of anilines is 1. The molecule has 4 nitrogen and oxygen atoms in total. The maximum atomic E-state index is 13.1. The summed E-state index contributed by atoms with van der Waals surface area (Å²) in [5, 5.41) is 0.562. The lowest BCUT2D eigenvalue weighted by molar-refractivity contribution is -0.120. The van der Waals surface area contributed by atoms with E-state index in [9.17, 15) is 4.79 Å². The number of ether oxygens (including phenoxy) is 1. The summed E-state index contributed by atoms with van der Waals surface area (Å²) in [4.78, 5) is 16.7. The molecule has 0 aromatic heterocycles. The van der Waals surface area contributed by atoms with Gasteiger partial charge < -0.3 is 9.64 Å². The van der Waals surface area contributed by atoms with Gasteiger partial charge in [-0.05, 0) is 42.4 Å². The van der Waals surface area contributed by atoms with E-state index < -0.39 is 0 Å². The number of fused-ring (bicyclic) bond motifs is 2. The first kappa shape index (κ1) is 15.1. The number of thiocarbonyl (C=S) groups is 1. The van der Waals surface area contributed by atoms with Crippen molar-refractivity contribution in [3.63, 3.8) is 0 Å². The fraction of sp³-hybridized carbons (Fsp3) is 0.263. The van der Waals surface area contributed by atoms with Gasteiger partial charge in [0.1, 0.15) is 11.8 Å². The van der Waals surface area contributed by atoms with Crippen LogP contribution in [0.5, 0.6) is 5.75 Å². The molecule has 2 aliphatic heterocycles. The van der Waals surface area contributed by atoms with Gasteiger partial charge in [-0.15, -0.1) is 0 Å². The second-order valence-corrected chi connectivity index (χ2v) is 6.34. The Hall–Kier alpha value is -2.40. The Labute approximate surface area is 146 Å². The van der Waals surface area contributed by atoms with Crippen molar-refractivity contribution in [2.24, 2.45) is 0 Å². The van der Waals surface area contributed by atoms with E-state index in [1.54, 1.807) is 4.90 Å². The third-order valence-electron chi connectivity index (χ3n) is 4.60. The smallest absolute Gasteiger partial charge is 0.256 e. The van der Waals surface area contributed by atoms with Gasteiger partial charge in [-0.1, -0.05) is 36.4 Å². The molecule has 0 spiro atoms. The lowest BCUT2D eigenvalue weighted by atomic mass is 9.95. The zero-order valence-corrected chi connectivity index (χ0v) is 14.3. The molecule has 2 aliphatic rings. The van der Waals surface area contributed by atoms with Crippen molar-refractivity contribution in [2.75, 3.05) is 11.5 Å². The third kappa shape index (κ3) is 2.27. The van der Waals surface area contributed by atoms with Gasteiger partial charge in [0.2, 0.25) is 0 Å². The van der Waals surface area contributed by atoms with E-state index in [1.807, 2.05) is 48.2 Å². The molecule has 1 atom stereocenters. The van der Waals surface area contributed by atoms with Crippen molar-refractivity contribution >= 4 is 28.9 Å². The lowest BCUT2D eigenvalue weighted by Gasteiger charge is -2.30.